The molecule has 0 aromatic heterocycles. The molecule has 29 heavy (non-hydrogen) atoms. The number of rotatable bonds is 6. The molecule has 1 N–H and O–H groups in total. The normalized spacial score (nSPS) is 13.1. The Kier molecular flexibility index (Phi) is 6.23. The van der Waals surface area contributed by atoms with E-state index >= 15 is 0 Å². The zero-order valence-electron chi connectivity index (χ0n) is 15.8. The van der Waals surface area contributed by atoms with Gasteiger partial charge in [-0.3, -0.25) is 9.59 Å². The van der Waals surface area contributed by atoms with Gasteiger partial charge in [-0.1, -0.05) is 6.07 Å². The summed E-state index contributed by atoms with van der Waals surface area (Å²) in [5, 5.41) is 2.64. The van der Waals surface area contributed by atoms with Crippen LogP contribution < -0.4 is 10.2 Å². The molecule has 0 aliphatic carbocycles. The summed E-state index contributed by atoms with van der Waals surface area (Å²) in [5.74, 6) is -1.65. The Hall–Kier alpha value is -3.68. The van der Waals surface area contributed by atoms with E-state index in [0.29, 0.717) is 29.9 Å². The van der Waals surface area contributed by atoms with E-state index in [-0.39, 0.29) is 11.5 Å². The molecule has 8 heteroatoms. The van der Waals surface area contributed by atoms with E-state index in [2.05, 4.69) is 10.1 Å². The summed E-state index contributed by atoms with van der Waals surface area (Å²) >= 11 is 0. The fraction of sp³-hybridized carbons (Fsp3) is 0.238. The van der Waals surface area contributed by atoms with Crippen LogP contribution in [0.15, 0.2) is 48.5 Å². The number of amides is 2. The smallest absolute Gasteiger partial charge is 0.338 e. The Morgan fingerprint density at radius 1 is 1.03 bits per heavy atom. The zero-order chi connectivity index (χ0) is 20.8. The number of anilines is 2. The number of nitrogens with one attached hydrogen (secondary N) is 1. The second-order valence-electron chi connectivity index (χ2n) is 6.39. The van der Waals surface area contributed by atoms with E-state index in [4.69, 9.17) is 4.74 Å². The minimum absolute atomic E-state index is 0.0561. The van der Waals surface area contributed by atoms with Crippen LogP contribution >= 0.6 is 0 Å². The van der Waals surface area contributed by atoms with Gasteiger partial charge >= 0.3 is 11.9 Å². The van der Waals surface area contributed by atoms with Crippen LogP contribution in [0.3, 0.4) is 0 Å². The Bertz CT molecular complexity index is 938. The van der Waals surface area contributed by atoms with Crippen molar-refractivity contribution in [2.45, 2.75) is 12.8 Å². The Balaban J connectivity index is 1.54. The number of nitrogens with zero attached hydrogens (tertiary/aromatic N) is 1. The number of methoxy groups -OCH3 is 1. The molecule has 8 nitrogen and oxygen atoms in total. The van der Waals surface area contributed by atoms with Crippen LogP contribution in [-0.2, 0) is 19.1 Å². The second-order valence-corrected chi connectivity index (χ2v) is 6.39. The van der Waals surface area contributed by atoms with Crippen molar-refractivity contribution in [1.82, 2.24) is 0 Å². The predicted molar refractivity (Wildman–Crippen MR) is 105 cm³/mol. The van der Waals surface area contributed by atoms with Crippen molar-refractivity contribution < 1.29 is 28.7 Å². The molecular formula is C21H20N2O6. The van der Waals surface area contributed by atoms with Crippen LogP contribution in [0, 0.1) is 0 Å². The van der Waals surface area contributed by atoms with Crippen molar-refractivity contribution in [2.75, 3.05) is 30.5 Å². The Labute approximate surface area is 167 Å². The molecule has 1 saturated heterocycles. The lowest BCUT2D eigenvalue weighted by Gasteiger charge is -2.16. The van der Waals surface area contributed by atoms with Crippen LogP contribution in [0.4, 0.5) is 11.4 Å². The quantitative estimate of drug-likeness (QED) is 0.753. The van der Waals surface area contributed by atoms with Gasteiger partial charge in [0, 0.05) is 24.3 Å². The fourth-order valence-corrected chi connectivity index (χ4v) is 2.94. The molecule has 2 amide bonds. The van der Waals surface area contributed by atoms with E-state index < -0.39 is 24.5 Å². The highest BCUT2D eigenvalue weighted by molar-refractivity contribution is 5.98. The van der Waals surface area contributed by atoms with E-state index in [1.165, 1.54) is 31.4 Å². The van der Waals surface area contributed by atoms with Crippen LogP contribution in [0.5, 0.6) is 0 Å². The highest BCUT2D eigenvalue weighted by atomic mass is 16.5. The highest BCUT2D eigenvalue weighted by Gasteiger charge is 2.22. The van der Waals surface area contributed by atoms with Crippen molar-refractivity contribution in [1.29, 1.82) is 0 Å². The SMILES string of the molecule is COC(=O)c1ccc(C(=O)OCC(=O)Nc2cccc(N3CCCC3=O)c2)cc1. The summed E-state index contributed by atoms with van der Waals surface area (Å²) in [4.78, 5) is 49.1. The molecule has 1 aliphatic heterocycles. The lowest BCUT2D eigenvalue weighted by Crippen LogP contribution is -2.24. The van der Waals surface area contributed by atoms with Gasteiger partial charge in [0.1, 0.15) is 0 Å². The third-order valence-corrected chi connectivity index (χ3v) is 4.39. The molecule has 0 spiro atoms. The number of hydrogen-bond acceptors (Lipinski definition) is 6. The lowest BCUT2D eigenvalue weighted by atomic mass is 10.1. The molecule has 0 radical (unpaired) electrons. The molecule has 0 bridgehead atoms. The van der Waals surface area contributed by atoms with Gasteiger partial charge < -0.3 is 19.7 Å². The third-order valence-electron chi connectivity index (χ3n) is 4.39. The molecule has 0 atom stereocenters. The average molecular weight is 396 g/mol. The van der Waals surface area contributed by atoms with Gasteiger partial charge in [-0.05, 0) is 48.9 Å². The van der Waals surface area contributed by atoms with Crippen molar-refractivity contribution in [3.05, 3.63) is 59.7 Å². The first kappa shape index (κ1) is 20.1. The van der Waals surface area contributed by atoms with Crippen molar-refractivity contribution >= 4 is 35.1 Å². The van der Waals surface area contributed by atoms with Gasteiger partial charge in [0.25, 0.3) is 5.91 Å². The van der Waals surface area contributed by atoms with Gasteiger partial charge in [0.2, 0.25) is 5.91 Å². The molecule has 2 aromatic carbocycles. The molecule has 1 fully saturated rings. The molecule has 2 aromatic rings. The van der Waals surface area contributed by atoms with Gasteiger partial charge in [0.05, 0.1) is 18.2 Å². The molecule has 1 aliphatic rings. The maximum Gasteiger partial charge on any atom is 0.338 e. The summed E-state index contributed by atoms with van der Waals surface area (Å²) in [5.41, 5.74) is 1.73. The van der Waals surface area contributed by atoms with Crippen LogP contribution in [0.2, 0.25) is 0 Å². The Morgan fingerprint density at radius 2 is 1.72 bits per heavy atom. The third kappa shape index (κ3) is 4.98. The number of carbonyl (C=O) groups is 4. The minimum Gasteiger partial charge on any atom is -0.465 e. The van der Waals surface area contributed by atoms with Crippen molar-refractivity contribution in [2.24, 2.45) is 0 Å². The van der Waals surface area contributed by atoms with Crippen LogP contribution in [0.25, 0.3) is 0 Å². The standard InChI is InChI=1S/C21H20N2O6/c1-28-20(26)14-7-9-15(10-8-14)21(27)29-13-18(24)22-16-4-2-5-17(12-16)23-11-3-6-19(23)25/h2,4-5,7-10,12H,3,6,11,13H2,1H3,(H,22,24). The average Bonchev–Trinajstić information content (AvgIpc) is 3.17. The number of carbonyl (C=O) groups excluding carboxylic acids is 4. The van der Waals surface area contributed by atoms with Gasteiger partial charge in [-0.2, -0.15) is 0 Å². The maximum atomic E-state index is 12.1. The summed E-state index contributed by atoms with van der Waals surface area (Å²) in [7, 11) is 1.27. The number of benzene rings is 2. The highest BCUT2D eigenvalue weighted by Crippen LogP contribution is 2.24. The first-order chi connectivity index (χ1) is 14.0. The van der Waals surface area contributed by atoms with Crippen LogP contribution in [0.1, 0.15) is 33.6 Å². The van der Waals surface area contributed by atoms with E-state index in [0.717, 1.165) is 6.42 Å². The fourth-order valence-electron chi connectivity index (χ4n) is 2.94. The molecule has 150 valence electrons. The second kappa shape index (κ2) is 9.01. The molecule has 0 unspecified atom stereocenters. The number of ether oxygens (including phenoxy) is 2. The summed E-state index contributed by atoms with van der Waals surface area (Å²) in [6, 6.07) is 12.7. The van der Waals surface area contributed by atoms with E-state index in [9.17, 15) is 19.2 Å². The van der Waals surface area contributed by atoms with E-state index in [1.807, 2.05) is 0 Å². The molecule has 0 saturated carbocycles. The zero-order valence-corrected chi connectivity index (χ0v) is 15.8. The Morgan fingerprint density at radius 3 is 2.34 bits per heavy atom. The predicted octanol–water partition coefficient (Wildman–Crippen LogP) is 2.40. The van der Waals surface area contributed by atoms with Crippen molar-refractivity contribution in [3.8, 4) is 0 Å². The monoisotopic (exact) mass is 396 g/mol. The summed E-state index contributed by atoms with van der Waals surface area (Å²) < 4.78 is 9.59. The molecular weight excluding hydrogens is 376 g/mol. The summed E-state index contributed by atoms with van der Waals surface area (Å²) in [6.07, 6.45) is 1.33. The lowest BCUT2D eigenvalue weighted by molar-refractivity contribution is -0.119. The van der Waals surface area contributed by atoms with Gasteiger partial charge in [-0.25, -0.2) is 9.59 Å². The first-order valence-electron chi connectivity index (χ1n) is 9.03. The largest absolute Gasteiger partial charge is 0.465 e. The molecule has 3 rings (SSSR count). The number of esters is 2. The van der Waals surface area contributed by atoms with Crippen LogP contribution in [-0.4, -0.2) is 44.0 Å². The maximum absolute atomic E-state index is 12.1. The van der Waals surface area contributed by atoms with Gasteiger partial charge in [0.15, 0.2) is 6.61 Å². The van der Waals surface area contributed by atoms with Crippen molar-refractivity contribution in [3.63, 3.8) is 0 Å². The molecule has 1 heterocycles. The minimum atomic E-state index is -0.687. The first-order valence-corrected chi connectivity index (χ1v) is 9.03. The van der Waals surface area contributed by atoms with E-state index in [1.54, 1.807) is 29.2 Å². The number of hydrogen-bond donors (Lipinski definition) is 1. The topological polar surface area (TPSA) is 102 Å². The summed E-state index contributed by atoms with van der Waals surface area (Å²) in [6.45, 7) is 0.188. The van der Waals surface area contributed by atoms with Gasteiger partial charge in [-0.15, -0.1) is 0 Å².